The first kappa shape index (κ1) is 16.7. The van der Waals surface area contributed by atoms with Gasteiger partial charge < -0.3 is 9.64 Å². The lowest BCUT2D eigenvalue weighted by molar-refractivity contribution is 0.122. The predicted molar refractivity (Wildman–Crippen MR) is 97.1 cm³/mol. The van der Waals surface area contributed by atoms with Crippen molar-refractivity contribution < 1.29 is 4.74 Å². The number of anilines is 2. The molecule has 7 heteroatoms. The summed E-state index contributed by atoms with van der Waals surface area (Å²) in [7, 11) is 0. The monoisotopic (exact) mass is 345 g/mol. The molecule has 2 heterocycles. The number of aromatic nitrogens is 2. The van der Waals surface area contributed by atoms with E-state index in [1.807, 2.05) is 44.2 Å². The smallest absolute Gasteiger partial charge is 0.227 e. The summed E-state index contributed by atoms with van der Waals surface area (Å²) in [6.07, 6.45) is 0. The molecule has 0 saturated carbocycles. The lowest BCUT2D eigenvalue weighted by Crippen LogP contribution is -2.37. The Balaban J connectivity index is 1.75. The minimum Gasteiger partial charge on any atom is -0.378 e. The third-order valence-electron chi connectivity index (χ3n) is 3.74. The maximum Gasteiger partial charge on any atom is 0.227 e. The molecule has 2 aromatic rings. The first-order valence-electron chi connectivity index (χ1n) is 7.86. The van der Waals surface area contributed by atoms with Gasteiger partial charge in [0.1, 0.15) is 0 Å². The molecule has 1 aliphatic heterocycles. The van der Waals surface area contributed by atoms with E-state index in [0.717, 1.165) is 30.1 Å². The molecule has 0 aliphatic carbocycles. The average molecular weight is 346 g/mol. The van der Waals surface area contributed by atoms with Gasteiger partial charge in [0, 0.05) is 29.9 Å². The summed E-state index contributed by atoms with van der Waals surface area (Å²) in [6, 6.07) is 9.45. The van der Waals surface area contributed by atoms with E-state index in [4.69, 9.17) is 16.3 Å². The second-order valence-electron chi connectivity index (χ2n) is 5.61. The van der Waals surface area contributed by atoms with E-state index in [1.165, 1.54) is 0 Å². The van der Waals surface area contributed by atoms with Gasteiger partial charge in [0.2, 0.25) is 5.95 Å². The van der Waals surface area contributed by atoms with Crippen molar-refractivity contribution in [3.8, 4) is 0 Å². The van der Waals surface area contributed by atoms with Crippen LogP contribution in [0.2, 0.25) is 5.02 Å². The van der Waals surface area contributed by atoms with Crippen LogP contribution in [0.5, 0.6) is 0 Å². The van der Waals surface area contributed by atoms with Gasteiger partial charge in [0.25, 0.3) is 0 Å². The predicted octanol–water partition coefficient (Wildman–Crippen LogP) is 3.11. The minimum atomic E-state index is 0.678. The molecule has 1 N–H and O–H groups in total. The van der Waals surface area contributed by atoms with Crippen LogP contribution >= 0.6 is 11.6 Å². The quantitative estimate of drug-likeness (QED) is 0.681. The fourth-order valence-electron chi connectivity index (χ4n) is 2.41. The van der Waals surface area contributed by atoms with Crippen molar-refractivity contribution in [1.82, 2.24) is 9.97 Å². The first-order valence-corrected chi connectivity index (χ1v) is 8.24. The van der Waals surface area contributed by atoms with Crippen LogP contribution in [-0.4, -0.2) is 42.0 Å². The minimum absolute atomic E-state index is 0.678. The van der Waals surface area contributed by atoms with Crippen LogP contribution in [0.25, 0.3) is 0 Å². The molecule has 0 spiro atoms. The second kappa shape index (κ2) is 7.59. The molecule has 0 atom stereocenters. The fourth-order valence-corrected chi connectivity index (χ4v) is 2.54. The van der Waals surface area contributed by atoms with Crippen molar-refractivity contribution in [3.63, 3.8) is 0 Å². The molecule has 1 aromatic carbocycles. The molecule has 0 bridgehead atoms. The highest BCUT2D eigenvalue weighted by atomic mass is 35.5. The number of aryl methyl sites for hydroxylation is 1. The SMILES string of the molecule is C/C(=N\Nc1cc(C)nc(N2CCOCC2)n1)c1ccc(Cl)cc1. The third-order valence-corrected chi connectivity index (χ3v) is 3.99. The molecule has 1 saturated heterocycles. The van der Waals surface area contributed by atoms with Gasteiger partial charge in [-0.25, -0.2) is 4.98 Å². The first-order chi connectivity index (χ1) is 11.6. The Bertz CT molecular complexity index is 726. The Hall–Kier alpha value is -2.18. The van der Waals surface area contributed by atoms with E-state index >= 15 is 0 Å². The molecule has 24 heavy (non-hydrogen) atoms. The van der Waals surface area contributed by atoms with Crippen LogP contribution in [0.15, 0.2) is 35.4 Å². The Labute approximate surface area is 146 Å². The van der Waals surface area contributed by atoms with Crippen molar-refractivity contribution in [1.29, 1.82) is 0 Å². The Morgan fingerprint density at radius 1 is 1.21 bits per heavy atom. The molecule has 0 unspecified atom stereocenters. The van der Waals surface area contributed by atoms with Gasteiger partial charge in [-0.1, -0.05) is 23.7 Å². The van der Waals surface area contributed by atoms with Gasteiger partial charge in [-0.3, -0.25) is 5.43 Å². The van der Waals surface area contributed by atoms with Crippen LogP contribution < -0.4 is 10.3 Å². The van der Waals surface area contributed by atoms with Crippen molar-refractivity contribution in [3.05, 3.63) is 46.6 Å². The summed E-state index contributed by atoms with van der Waals surface area (Å²) < 4.78 is 5.37. The number of nitrogens with zero attached hydrogens (tertiary/aromatic N) is 4. The number of rotatable bonds is 4. The molecular formula is C17H20ClN5O. The summed E-state index contributed by atoms with van der Waals surface area (Å²) in [6.45, 7) is 6.90. The van der Waals surface area contributed by atoms with Crippen LogP contribution in [-0.2, 0) is 4.74 Å². The van der Waals surface area contributed by atoms with E-state index in [-0.39, 0.29) is 0 Å². The highest BCUT2D eigenvalue weighted by Gasteiger charge is 2.14. The van der Waals surface area contributed by atoms with Crippen LogP contribution in [0.3, 0.4) is 0 Å². The third kappa shape index (κ3) is 4.21. The number of ether oxygens (including phenoxy) is 1. The summed E-state index contributed by atoms with van der Waals surface area (Å²) >= 11 is 5.91. The number of hydrogen-bond donors (Lipinski definition) is 1. The highest BCUT2D eigenvalue weighted by molar-refractivity contribution is 6.30. The van der Waals surface area contributed by atoms with E-state index in [9.17, 15) is 0 Å². The van der Waals surface area contributed by atoms with Crippen molar-refractivity contribution in [2.24, 2.45) is 5.10 Å². The Morgan fingerprint density at radius 2 is 1.92 bits per heavy atom. The van der Waals surface area contributed by atoms with Crippen LogP contribution in [0.4, 0.5) is 11.8 Å². The lowest BCUT2D eigenvalue weighted by atomic mass is 10.1. The van der Waals surface area contributed by atoms with Gasteiger partial charge in [0.15, 0.2) is 5.82 Å². The molecule has 6 nitrogen and oxygen atoms in total. The van der Waals surface area contributed by atoms with Crippen molar-refractivity contribution in [2.45, 2.75) is 13.8 Å². The maximum absolute atomic E-state index is 5.91. The number of morpholine rings is 1. The van der Waals surface area contributed by atoms with E-state index < -0.39 is 0 Å². The summed E-state index contributed by atoms with van der Waals surface area (Å²) in [5.74, 6) is 1.39. The molecule has 1 fully saturated rings. The zero-order valence-electron chi connectivity index (χ0n) is 13.8. The maximum atomic E-state index is 5.91. The van der Waals surface area contributed by atoms with Crippen molar-refractivity contribution in [2.75, 3.05) is 36.6 Å². The molecular weight excluding hydrogens is 326 g/mol. The van der Waals surface area contributed by atoms with Crippen LogP contribution in [0.1, 0.15) is 18.2 Å². The lowest BCUT2D eigenvalue weighted by Gasteiger charge is -2.27. The van der Waals surface area contributed by atoms with Gasteiger partial charge in [-0.05, 0) is 31.5 Å². The number of halogens is 1. The molecule has 3 rings (SSSR count). The van der Waals surface area contributed by atoms with Gasteiger partial charge in [0.05, 0.1) is 18.9 Å². The standard InChI is InChI=1S/C17H20ClN5O/c1-12-11-16(20-17(19-12)23-7-9-24-10-8-23)22-21-13(2)14-3-5-15(18)6-4-14/h3-6,11H,7-10H2,1-2H3,(H,19,20,22)/b21-13+. The molecule has 0 amide bonds. The van der Waals surface area contributed by atoms with Gasteiger partial charge >= 0.3 is 0 Å². The number of benzene rings is 1. The zero-order valence-corrected chi connectivity index (χ0v) is 14.5. The number of hydrazone groups is 1. The average Bonchev–Trinajstić information content (AvgIpc) is 2.60. The van der Waals surface area contributed by atoms with Gasteiger partial charge in [-0.2, -0.15) is 10.1 Å². The van der Waals surface area contributed by atoms with E-state index in [0.29, 0.717) is 30.0 Å². The highest BCUT2D eigenvalue weighted by Crippen LogP contribution is 2.16. The van der Waals surface area contributed by atoms with Crippen molar-refractivity contribution >= 4 is 29.1 Å². The Kier molecular flexibility index (Phi) is 5.27. The number of nitrogens with one attached hydrogen (secondary N) is 1. The fraction of sp³-hybridized carbons (Fsp3) is 0.353. The Morgan fingerprint density at radius 3 is 2.62 bits per heavy atom. The summed E-state index contributed by atoms with van der Waals surface area (Å²) in [5, 5.41) is 5.12. The van der Waals surface area contributed by atoms with Gasteiger partial charge in [-0.15, -0.1) is 0 Å². The zero-order chi connectivity index (χ0) is 16.9. The molecule has 1 aromatic heterocycles. The molecule has 0 radical (unpaired) electrons. The van der Waals surface area contributed by atoms with E-state index in [1.54, 1.807) is 0 Å². The van der Waals surface area contributed by atoms with Crippen LogP contribution in [0, 0.1) is 6.92 Å². The largest absolute Gasteiger partial charge is 0.378 e. The molecule has 1 aliphatic rings. The topological polar surface area (TPSA) is 62.6 Å². The summed E-state index contributed by atoms with van der Waals surface area (Å²) in [4.78, 5) is 11.2. The van der Waals surface area contributed by atoms with E-state index in [2.05, 4.69) is 25.4 Å². The normalized spacial score (nSPS) is 15.5. The molecule has 126 valence electrons. The second-order valence-corrected chi connectivity index (χ2v) is 6.05. The number of hydrogen-bond acceptors (Lipinski definition) is 6. The summed E-state index contributed by atoms with van der Waals surface area (Å²) in [5.41, 5.74) is 5.78.